The van der Waals surface area contributed by atoms with Gasteiger partial charge in [0.15, 0.2) is 0 Å². The molecule has 0 radical (unpaired) electrons. The number of carboxylic acid groups (broad SMARTS) is 1. The van der Waals surface area contributed by atoms with E-state index in [1.54, 1.807) is 0 Å². The summed E-state index contributed by atoms with van der Waals surface area (Å²) in [6.07, 6.45) is 17.3. The molecule has 0 aromatic heterocycles. The van der Waals surface area contributed by atoms with Crippen LogP contribution in [-0.4, -0.2) is 11.1 Å². The largest absolute Gasteiger partial charge is 0.481 e. The van der Waals surface area contributed by atoms with Crippen LogP contribution in [0.3, 0.4) is 0 Å². The summed E-state index contributed by atoms with van der Waals surface area (Å²) in [6, 6.07) is 0. The predicted molar refractivity (Wildman–Crippen MR) is 77.9 cm³/mol. The molecule has 0 aliphatic rings. The van der Waals surface area contributed by atoms with Crippen molar-refractivity contribution >= 4 is 5.97 Å². The minimum atomic E-state index is -0.655. The fraction of sp³-hybridized carbons (Fsp3) is 0.938. The zero-order valence-corrected chi connectivity index (χ0v) is 12.6. The summed E-state index contributed by atoms with van der Waals surface area (Å²) in [7, 11) is 0. The minimum absolute atomic E-state index is 0. The molecule has 0 saturated heterocycles. The maximum atomic E-state index is 10.3. The standard InChI is InChI=1S/C16H32O2.Ne/c1-2-3-4-5-6-7-8-9-10-11-12-13-14-15-16(17)18;/h2-15H2,1H3,(H,17,18);. The molecule has 0 atom stereocenters. The molecule has 0 aromatic carbocycles. The molecular formula is C16H32NeO2. The van der Waals surface area contributed by atoms with Gasteiger partial charge in [0, 0.05) is 12.6 Å². The molecule has 0 rings (SSSR count). The Labute approximate surface area is 119 Å². The van der Waals surface area contributed by atoms with Crippen molar-refractivity contribution in [3.8, 4) is 0 Å². The second kappa shape index (κ2) is 17.4. The average molecular weight is 277 g/mol. The maximum Gasteiger partial charge on any atom is 0.303 e. The topological polar surface area (TPSA) is 37.3 Å². The van der Waals surface area contributed by atoms with Crippen molar-refractivity contribution in [3.63, 3.8) is 0 Å². The molecule has 0 aliphatic carbocycles. The fourth-order valence-electron chi connectivity index (χ4n) is 2.29. The molecule has 0 amide bonds. The summed E-state index contributed by atoms with van der Waals surface area (Å²) in [4.78, 5) is 10.3. The number of carbonyl (C=O) groups is 1. The quantitative estimate of drug-likeness (QED) is 0.422. The zero-order valence-electron chi connectivity index (χ0n) is 12.6. The average Bonchev–Trinajstić information content (AvgIpc) is 2.34. The SMILES string of the molecule is CCCCCCCCCCCCCCCC(=O)O.[Ne]. The van der Waals surface area contributed by atoms with Crippen molar-refractivity contribution in [1.29, 1.82) is 0 Å². The van der Waals surface area contributed by atoms with E-state index in [2.05, 4.69) is 6.92 Å². The van der Waals surface area contributed by atoms with Gasteiger partial charge in [0.1, 0.15) is 0 Å². The summed E-state index contributed by atoms with van der Waals surface area (Å²) < 4.78 is 0. The number of hydrogen-bond donors (Lipinski definition) is 1. The Kier molecular flexibility index (Phi) is 18.9. The number of hydrogen-bond acceptors (Lipinski definition) is 1. The third-order valence-electron chi connectivity index (χ3n) is 3.49. The molecule has 19 heavy (non-hydrogen) atoms. The van der Waals surface area contributed by atoms with Gasteiger partial charge in [-0.1, -0.05) is 84.0 Å². The van der Waals surface area contributed by atoms with Gasteiger partial charge in [-0.05, 0) is 6.42 Å². The first kappa shape index (κ1) is 20.7. The Balaban J connectivity index is 0. The smallest absolute Gasteiger partial charge is 0.303 e. The first-order chi connectivity index (χ1) is 8.77. The van der Waals surface area contributed by atoms with E-state index in [0.717, 1.165) is 12.8 Å². The van der Waals surface area contributed by atoms with Crippen LogP contribution in [0.4, 0.5) is 0 Å². The van der Waals surface area contributed by atoms with E-state index in [4.69, 9.17) is 5.11 Å². The van der Waals surface area contributed by atoms with Crippen molar-refractivity contribution in [2.24, 2.45) is 0 Å². The Hall–Kier alpha value is -0.621. The van der Waals surface area contributed by atoms with Crippen LogP contribution in [0.5, 0.6) is 0 Å². The Morgan fingerprint density at radius 3 is 1.32 bits per heavy atom. The van der Waals surface area contributed by atoms with Crippen LogP contribution >= 0.6 is 0 Å². The van der Waals surface area contributed by atoms with Crippen LogP contribution in [0.2, 0.25) is 0 Å². The first-order valence-electron chi connectivity index (χ1n) is 7.99. The Morgan fingerprint density at radius 2 is 1.00 bits per heavy atom. The Morgan fingerprint density at radius 1 is 0.684 bits per heavy atom. The molecule has 0 spiro atoms. The van der Waals surface area contributed by atoms with Gasteiger partial charge in [0.25, 0.3) is 0 Å². The Bertz CT molecular complexity index is 184. The molecule has 0 unspecified atom stereocenters. The van der Waals surface area contributed by atoms with Gasteiger partial charge >= 0.3 is 5.97 Å². The number of aliphatic carboxylic acids is 1. The minimum Gasteiger partial charge on any atom is -0.481 e. The van der Waals surface area contributed by atoms with Crippen molar-refractivity contribution in [2.45, 2.75) is 96.8 Å². The molecule has 0 bridgehead atoms. The van der Waals surface area contributed by atoms with E-state index >= 15 is 0 Å². The van der Waals surface area contributed by atoms with E-state index in [1.807, 2.05) is 0 Å². The van der Waals surface area contributed by atoms with E-state index in [9.17, 15) is 4.79 Å². The monoisotopic (exact) mass is 276 g/mol. The van der Waals surface area contributed by atoms with E-state index < -0.39 is 5.97 Å². The van der Waals surface area contributed by atoms with Crippen molar-refractivity contribution in [2.75, 3.05) is 0 Å². The molecule has 116 valence electrons. The van der Waals surface area contributed by atoms with Gasteiger partial charge in [0.05, 0.1) is 0 Å². The summed E-state index contributed by atoms with van der Waals surface area (Å²) in [5, 5.41) is 8.49. The van der Waals surface area contributed by atoms with Crippen LogP contribution in [0.15, 0.2) is 0 Å². The summed E-state index contributed by atoms with van der Waals surface area (Å²) in [6.45, 7) is 2.26. The maximum absolute atomic E-state index is 10.3. The van der Waals surface area contributed by atoms with Gasteiger partial charge in [-0.25, -0.2) is 0 Å². The summed E-state index contributed by atoms with van der Waals surface area (Å²) in [5.74, 6) is -0.655. The van der Waals surface area contributed by atoms with Gasteiger partial charge in [-0.15, -0.1) is 0 Å². The summed E-state index contributed by atoms with van der Waals surface area (Å²) >= 11 is 0. The molecule has 3 heteroatoms. The fourth-order valence-corrected chi connectivity index (χ4v) is 2.29. The predicted octanol–water partition coefficient (Wildman–Crippen LogP) is 5.55. The molecular weight excluding hydrogens is 244 g/mol. The molecule has 0 aromatic rings. The van der Waals surface area contributed by atoms with Crippen molar-refractivity contribution in [1.82, 2.24) is 0 Å². The third kappa shape index (κ3) is 19.9. The van der Waals surface area contributed by atoms with Crippen LogP contribution in [0, 0.1) is 6.15 Å². The van der Waals surface area contributed by atoms with Crippen LogP contribution in [0.25, 0.3) is 0 Å². The van der Waals surface area contributed by atoms with Crippen LogP contribution < -0.4 is 0 Å². The first-order valence-corrected chi connectivity index (χ1v) is 7.99. The molecule has 0 saturated carbocycles. The second-order valence-electron chi connectivity index (χ2n) is 5.39. The second-order valence-corrected chi connectivity index (χ2v) is 5.39. The van der Waals surface area contributed by atoms with E-state index in [1.165, 1.54) is 70.6 Å². The van der Waals surface area contributed by atoms with Crippen molar-refractivity contribution in [3.05, 3.63) is 0 Å². The van der Waals surface area contributed by atoms with Gasteiger partial charge in [-0.3, -0.25) is 4.79 Å². The van der Waals surface area contributed by atoms with Gasteiger partial charge in [-0.2, -0.15) is 0 Å². The van der Waals surface area contributed by atoms with Crippen LogP contribution in [0.1, 0.15) is 96.8 Å². The number of unbranched alkanes of at least 4 members (excludes halogenated alkanes) is 12. The molecule has 0 aliphatic heterocycles. The summed E-state index contributed by atoms with van der Waals surface area (Å²) in [5.41, 5.74) is 0. The number of rotatable bonds is 14. The zero-order chi connectivity index (χ0) is 13.5. The van der Waals surface area contributed by atoms with Gasteiger partial charge in [0.2, 0.25) is 0 Å². The normalized spacial score (nSPS) is 10.2. The molecule has 2 nitrogen and oxygen atoms in total. The van der Waals surface area contributed by atoms with Crippen molar-refractivity contribution < 1.29 is 16.1 Å². The third-order valence-corrected chi connectivity index (χ3v) is 3.49. The van der Waals surface area contributed by atoms with Gasteiger partial charge < -0.3 is 5.11 Å². The molecule has 0 fully saturated rings. The van der Waals surface area contributed by atoms with E-state index in [-0.39, 0.29) is 6.15 Å². The van der Waals surface area contributed by atoms with Crippen LogP contribution in [-0.2, 0) is 4.79 Å². The molecule has 0 heterocycles. The number of carboxylic acids is 1. The molecule has 1 N–H and O–H groups in total. The van der Waals surface area contributed by atoms with E-state index in [0.29, 0.717) is 6.42 Å².